The van der Waals surface area contributed by atoms with Gasteiger partial charge >= 0.3 is 0 Å². The van der Waals surface area contributed by atoms with Crippen molar-refractivity contribution in [2.45, 2.75) is 31.5 Å². The van der Waals surface area contributed by atoms with Crippen LogP contribution in [0, 0.1) is 0 Å². The Bertz CT molecular complexity index is 594. The zero-order valence-corrected chi connectivity index (χ0v) is 12.3. The molecule has 3 rings (SSSR count). The number of fused-ring (bicyclic) bond motifs is 1. The van der Waals surface area contributed by atoms with Crippen molar-refractivity contribution >= 4 is 11.6 Å². The number of rotatable bonds is 3. The molecule has 104 valence electrons. The first-order valence-electron chi connectivity index (χ1n) is 7.01. The Kier molecular flexibility index (Phi) is 3.79. The van der Waals surface area contributed by atoms with Crippen LogP contribution >= 0.6 is 11.6 Å². The number of benzene rings is 2. The maximum Gasteiger partial charge on any atom is 0.0406 e. The molecule has 0 heterocycles. The van der Waals surface area contributed by atoms with Gasteiger partial charge in [-0.2, -0.15) is 0 Å². The summed E-state index contributed by atoms with van der Waals surface area (Å²) >= 11 is 5.94. The second-order valence-corrected chi connectivity index (χ2v) is 5.90. The topological polar surface area (TPSA) is 38.0 Å². The van der Waals surface area contributed by atoms with E-state index >= 15 is 0 Å². The molecule has 2 nitrogen and oxygen atoms in total. The minimum atomic E-state index is 0.140. The van der Waals surface area contributed by atoms with E-state index in [4.69, 9.17) is 17.3 Å². The monoisotopic (exact) mass is 286 g/mol. The highest BCUT2D eigenvalue weighted by atomic mass is 35.5. The van der Waals surface area contributed by atoms with Crippen LogP contribution in [0.1, 0.15) is 48.2 Å². The van der Waals surface area contributed by atoms with Crippen LogP contribution in [0.3, 0.4) is 0 Å². The molecule has 0 aromatic heterocycles. The van der Waals surface area contributed by atoms with Gasteiger partial charge in [-0.15, -0.1) is 0 Å². The van der Waals surface area contributed by atoms with E-state index in [1.165, 1.54) is 16.7 Å². The molecule has 2 aromatic rings. The molecule has 1 aliphatic carbocycles. The van der Waals surface area contributed by atoms with Crippen LogP contribution in [0.5, 0.6) is 0 Å². The van der Waals surface area contributed by atoms with E-state index in [1.54, 1.807) is 0 Å². The molecule has 0 saturated carbocycles. The second kappa shape index (κ2) is 5.57. The molecular formula is C17H19ClN2. The summed E-state index contributed by atoms with van der Waals surface area (Å²) < 4.78 is 0. The Morgan fingerprint density at radius 2 is 1.75 bits per heavy atom. The molecule has 2 unspecified atom stereocenters. The molecule has 20 heavy (non-hydrogen) atoms. The van der Waals surface area contributed by atoms with Crippen LogP contribution in [0.25, 0.3) is 0 Å². The lowest BCUT2D eigenvalue weighted by Crippen LogP contribution is -2.23. The molecule has 0 fully saturated rings. The van der Waals surface area contributed by atoms with E-state index in [0.717, 1.165) is 11.4 Å². The van der Waals surface area contributed by atoms with E-state index in [2.05, 4.69) is 48.6 Å². The van der Waals surface area contributed by atoms with Crippen molar-refractivity contribution in [3.05, 3.63) is 70.2 Å². The first kappa shape index (κ1) is 13.6. The molecule has 0 bridgehead atoms. The predicted octanol–water partition coefficient (Wildman–Crippen LogP) is 4.14. The smallest absolute Gasteiger partial charge is 0.0406 e. The number of hydrogen-bond donors (Lipinski definition) is 2. The van der Waals surface area contributed by atoms with Crippen molar-refractivity contribution < 1.29 is 0 Å². The molecule has 1 aliphatic rings. The van der Waals surface area contributed by atoms with Crippen LogP contribution in [0.2, 0.25) is 5.02 Å². The molecule has 3 heteroatoms. The molecule has 0 saturated heterocycles. The summed E-state index contributed by atoms with van der Waals surface area (Å²) in [5.41, 5.74) is 10.1. The lowest BCUT2D eigenvalue weighted by Gasteiger charge is -2.21. The Hall–Kier alpha value is -1.35. The van der Waals surface area contributed by atoms with Crippen molar-refractivity contribution in [3.63, 3.8) is 0 Å². The van der Waals surface area contributed by atoms with Gasteiger partial charge in [0.05, 0.1) is 0 Å². The summed E-state index contributed by atoms with van der Waals surface area (Å²) in [6.07, 6.45) is 0.956. The number of hydrogen-bond acceptors (Lipinski definition) is 2. The number of nitrogens with one attached hydrogen (secondary N) is 1. The quantitative estimate of drug-likeness (QED) is 0.890. The zero-order valence-electron chi connectivity index (χ0n) is 11.5. The van der Waals surface area contributed by atoms with Crippen molar-refractivity contribution in [2.75, 3.05) is 0 Å². The van der Waals surface area contributed by atoms with E-state index in [-0.39, 0.29) is 12.1 Å². The molecular weight excluding hydrogens is 268 g/mol. The van der Waals surface area contributed by atoms with Crippen LogP contribution in [-0.4, -0.2) is 0 Å². The maximum atomic E-state index is 6.21. The highest BCUT2D eigenvalue weighted by molar-refractivity contribution is 6.30. The van der Waals surface area contributed by atoms with E-state index in [9.17, 15) is 0 Å². The fourth-order valence-electron chi connectivity index (χ4n) is 2.98. The summed E-state index contributed by atoms with van der Waals surface area (Å²) in [5, 5.41) is 4.45. The molecule has 2 aromatic carbocycles. The normalized spacial score (nSPS) is 22.6. The van der Waals surface area contributed by atoms with Crippen LogP contribution in [0.15, 0.2) is 48.5 Å². The molecule has 3 N–H and O–H groups in total. The van der Waals surface area contributed by atoms with E-state index in [0.29, 0.717) is 6.04 Å². The van der Waals surface area contributed by atoms with Crippen molar-refractivity contribution in [1.29, 1.82) is 0 Å². The van der Waals surface area contributed by atoms with Crippen LogP contribution in [-0.2, 0) is 0 Å². The minimum absolute atomic E-state index is 0.140. The van der Waals surface area contributed by atoms with Crippen molar-refractivity contribution in [3.8, 4) is 0 Å². The molecule has 0 radical (unpaired) electrons. The third-order valence-electron chi connectivity index (χ3n) is 4.08. The second-order valence-electron chi connectivity index (χ2n) is 5.46. The van der Waals surface area contributed by atoms with E-state index < -0.39 is 0 Å². The lowest BCUT2D eigenvalue weighted by molar-refractivity contribution is 0.446. The van der Waals surface area contributed by atoms with Gasteiger partial charge in [0.25, 0.3) is 0 Å². The standard InChI is InChI=1S/C17H19ClN2/c1-11(12-6-8-13(18)9-7-12)20-17-10-16(19)14-4-2-3-5-15(14)17/h2-9,11,16-17,20H,10,19H2,1H3/t11-,16?,17?/m1/s1. The minimum Gasteiger partial charge on any atom is -0.324 e. The first-order chi connectivity index (χ1) is 9.65. The Morgan fingerprint density at radius 1 is 1.10 bits per heavy atom. The van der Waals surface area contributed by atoms with E-state index in [1.807, 2.05) is 12.1 Å². The Labute approximate surface area is 125 Å². The predicted molar refractivity (Wildman–Crippen MR) is 83.7 cm³/mol. The SMILES string of the molecule is C[C@@H](NC1CC(N)c2ccccc21)c1ccc(Cl)cc1. The summed E-state index contributed by atoms with van der Waals surface area (Å²) in [7, 11) is 0. The van der Waals surface area contributed by atoms with Crippen LogP contribution in [0.4, 0.5) is 0 Å². The van der Waals surface area contributed by atoms with Gasteiger partial charge in [0.2, 0.25) is 0 Å². The average Bonchev–Trinajstić information content (AvgIpc) is 2.77. The average molecular weight is 287 g/mol. The van der Waals surface area contributed by atoms with Crippen molar-refractivity contribution in [1.82, 2.24) is 5.32 Å². The van der Waals surface area contributed by atoms with Gasteiger partial charge < -0.3 is 11.1 Å². The fraction of sp³-hybridized carbons (Fsp3) is 0.294. The summed E-state index contributed by atoms with van der Waals surface area (Å²) in [6, 6.07) is 17.2. The first-order valence-corrected chi connectivity index (χ1v) is 7.39. The van der Waals surface area contributed by atoms with Gasteiger partial charge in [-0.3, -0.25) is 0 Å². The van der Waals surface area contributed by atoms with Gasteiger partial charge in [-0.25, -0.2) is 0 Å². The largest absolute Gasteiger partial charge is 0.324 e. The third kappa shape index (κ3) is 2.59. The molecule has 0 aliphatic heterocycles. The molecule has 3 atom stereocenters. The lowest BCUT2D eigenvalue weighted by atomic mass is 10.0. The Balaban J connectivity index is 1.77. The summed E-state index contributed by atoms with van der Waals surface area (Å²) in [6.45, 7) is 2.18. The number of halogens is 1. The fourth-order valence-corrected chi connectivity index (χ4v) is 3.11. The highest BCUT2D eigenvalue weighted by Crippen LogP contribution is 2.38. The summed E-state index contributed by atoms with van der Waals surface area (Å²) in [5.74, 6) is 0. The third-order valence-corrected chi connectivity index (χ3v) is 4.33. The maximum absolute atomic E-state index is 6.21. The van der Waals surface area contributed by atoms with Gasteiger partial charge in [-0.05, 0) is 42.2 Å². The van der Waals surface area contributed by atoms with Gasteiger partial charge in [-0.1, -0.05) is 48.0 Å². The highest BCUT2D eigenvalue weighted by Gasteiger charge is 2.28. The van der Waals surface area contributed by atoms with Gasteiger partial charge in [0.1, 0.15) is 0 Å². The van der Waals surface area contributed by atoms with Crippen molar-refractivity contribution in [2.24, 2.45) is 5.73 Å². The van der Waals surface area contributed by atoms with Gasteiger partial charge in [0.15, 0.2) is 0 Å². The van der Waals surface area contributed by atoms with Gasteiger partial charge in [0, 0.05) is 23.1 Å². The molecule has 0 amide bonds. The summed E-state index contributed by atoms with van der Waals surface area (Å²) in [4.78, 5) is 0. The zero-order chi connectivity index (χ0) is 14.1. The molecule has 0 spiro atoms. The van der Waals surface area contributed by atoms with Crippen LogP contribution < -0.4 is 11.1 Å². The number of nitrogens with two attached hydrogens (primary N) is 1. The Morgan fingerprint density at radius 3 is 2.45 bits per heavy atom.